The van der Waals surface area contributed by atoms with E-state index in [9.17, 15) is 14.9 Å². The van der Waals surface area contributed by atoms with Crippen molar-refractivity contribution in [3.8, 4) is 0 Å². The summed E-state index contributed by atoms with van der Waals surface area (Å²) in [7, 11) is 2.92. The topological polar surface area (TPSA) is 103 Å². The number of rotatable bonds is 7. The summed E-state index contributed by atoms with van der Waals surface area (Å²) in [5, 5.41) is 18.3. The lowest BCUT2D eigenvalue weighted by atomic mass is 9.67. The SMILES string of the molecule is COC1(OC)C2CC(=O)CC1(C)NC(NCCc1ccc(C)cc1)=C2[N+](=O)[O-]. The van der Waals surface area contributed by atoms with E-state index >= 15 is 0 Å². The minimum absolute atomic E-state index is 0.0123. The Morgan fingerprint density at radius 2 is 1.93 bits per heavy atom. The van der Waals surface area contributed by atoms with E-state index in [0.717, 1.165) is 12.0 Å². The summed E-state index contributed by atoms with van der Waals surface area (Å²) in [5.41, 5.74) is 1.31. The van der Waals surface area contributed by atoms with Crippen LogP contribution in [0.15, 0.2) is 35.8 Å². The molecule has 1 fully saturated rings. The zero-order valence-electron chi connectivity index (χ0n) is 16.7. The second-order valence-electron chi connectivity index (χ2n) is 7.68. The third-order valence-electron chi connectivity index (χ3n) is 5.84. The number of hydrogen-bond acceptors (Lipinski definition) is 7. The summed E-state index contributed by atoms with van der Waals surface area (Å²) in [5.74, 6) is -1.80. The molecule has 2 atom stereocenters. The van der Waals surface area contributed by atoms with E-state index < -0.39 is 22.2 Å². The Bertz CT molecular complexity index is 801. The fourth-order valence-electron chi connectivity index (χ4n) is 4.52. The predicted octanol–water partition coefficient (Wildman–Crippen LogP) is 1.90. The van der Waals surface area contributed by atoms with Gasteiger partial charge < -0.3 is 20.1 Å². The third-order valence-corrected chi connectivity index (χ3v) is 5.84. The van der Waals surface area contributed by atoms with Crippen LogP contribution in [0, 0.1) is 23.0 Å². The van der Waals surface area contributed by atoms with E-state index in [2.05, 4.69) is 10.6 Å². The van der Waals surface area contributed by atoms with Gasteiger partial charge in [-0.15, -0.1) is 0 Å². The smallest absolute Gasteiger partial charge is 0.294 e. The quantitative estimate of drug-likeness (QED) is 0.417. The van der Waals surface area contributed by atoms with Gasteiger partial charge in [-0.2, -0.15) is 0 Å². The highest BCUT2D eigenvalue weighted by Crippen LogP contribution is 2.49. The lowest BCUT2D eigenvalue weighted by Gasteiger charge is -2.55. The number of aryl methyl sites for hydroxylation is 1. The molecular formula is C20H27N3O5. The van der Waals surface area contributed by atoms with Crippen molar-refractivity contribution < 1.29 is 19.2 Å². The van der Waals surface area contributed by atoms with Gasteiger partial charge in [0.2, 0.25) is 5.79 Å². The molecule has 3 rings (SSSR count). The van der Waals surface area contributed by atoms with Gasteiger partial charge in [-0.1, -0.05) is 29.8 Å². The van der Waals surface area contributed by atoms with Gasteiger partial charge in [0.25, 0.3) is 5.70 Å². The molecule has 1 aliphatic carbocycles. The van der Waals surface area contributed by atoms with Crippen molar-refractivity contribution in [3.63, 3.8) is 0 Å². The first-order chi connectivity index (χ1) is 13.3. The first-order valence-corrected chi connectivity index (χ1v) is 9.34. The molecule has 8 nitrogen and oxygen atoms in total. The summed E-state index contributed by atoms with van der Waals surface area (Å²) < 4.78 is 11.3. The number of carbonyl (C=O) groups is 1. The van der Waals surface area contributed by atoms with Gasteiger partial charge in [0.15, 0.2) is 5.82 Å². The highest BCUT2D eigenvalue weighted by Gasteiger charge is 2.66. The predicted molar refractivity (Wildman–Crippen MR) is 103 cm³/mol. The van der Waals surface area contributed by atoms with Crippen LogP contribution in [-0.2, 0) is 20.7 Å². The summed E-state index contributed by atoms with van der Waals surface area (Å²) >= 11 is 0. The highest BCUT2D eigenvalue weighted by molar-refractivity contribution is 5.82. The molecule has 1 aromatic carbocycles. The monoisotopic (exact) mass is 389 g/mol. The maximum atomic E-state index is 12.3. The lowest BCUT2D eigenvalue weighted by molar-refractivity contribution is -0.454. The second-order valence-corrected chi connectivity index (χ2v) is 7.68. The maximum absolute atomic E-state index is 12.3. The van der Waals surface area contributed by atoms with E-state index in [1.54, 1.807) is 0 Å². The molecule has 2 N–H and O–H groups in total. The first-order valence-electron chi connectivity index (χ1n) is 9.34. The first kappa shape index (κ1) is 20.3. The number of nitrogens with zero attached hydrogens (tertiary/aromatic N) is 1. The molecule has 28 heavy (non-hydrogen) atoms. The molecular weight excluding hydrogens is 362 g/mol. The van der Waals surface area contributed by atoms with Gasteiger partial charge in [-0.25, -0.2) is 0 Å². The van der Waals surface area contributed by atoms with Gasteiger partial charge in [0, 0.05) is 33.6 Å². The molecule has 0 amide bonds. The number of fused-ring (bicyclic) bond motifs is 2. The van der Waals surface area contributed by atoms with Crippen LogP contribution in [-0.4, -0.2) is 42.8 Å². The fourth-order valence-corrected chi connectivity index (χ4v) is 4.52. The number of Topliss-reactive ketones (excluding diaryl/α,β-unsaturated/α-hetero) is 1. The maximum Gasteiger partial charge on any atom is 0.294 e. The van der Waals surface area contributed by atoms with Crippen LogP contribution in [0.25, 0.3) is 0 Å². The van der Waals surface area contributed by atoms with Crippen LogP contribution < -0.4 is 10.6 Å². The summed E-state index contributed by atoms with van der Waals surface area (Å²) in [6.45, 7) is 4.36. The molecule has 2 bridgehead atoms. The van der Waals surface area contributed by atoms with Crippen LogP contribution in [0.3, 0.4) is 0 Å². The largest absolute Gasteiger partial charge is 0.366 e. The number of ether oxygens (including phenoxy) is 2. The molecule has 1 heterocycles. The summed E-state index contributed by atoms with van der Waals surface area (Å²) in [4.78, 5) is 23.7. The van der Waals surface area contributed by atoms with Crippen LogP contribution in [0.4, 0.5) is 0 Å². The fraction of sp³-hybridized carbons (Fsp3) is 0.550. The van der Waals surface area contributed by atoms with Crippen molar-refractivity contribution in [1.82, 2.24) is 10.6 Å². The molecule has 8 heteroatoms. The average molecular weight is 389 g/mol. The molecule has 1 saturated carbocycles. The van der Waals surface area contributed by atoms with Crippen LogP contribution >= 0.6 is 0 Å². The molecule has 0 aromatic heterocycles. The van der Waals surface area contributed by atoms with Crippen molar-refractivity contribution in [3.05, 3.63) is 57.0 Å². The van der Waals surface area contributed by atoms with E-state index in [4.69, 9.17) is 9.47 Å². The van der Waals surface area contributed by atoms with Crippen molar-refractivity contribution in [2.75, 3.05) is 20.8 Å². The Hall–Kier alpha value is -2.45. The van der Waals surface area contributed by atoms with E-state index in [-0.39, 0.29) is 24.3 Å². The molecule has 0 saturated heterocycles. The van der Waals surface area contributed by atoms with Crippen LogP contribution in [0.1, 0.15) is 30.9 Å². The number of hydrogen-bond donors (Lipinski definition) is 2. The minimum Gasteiger partial charge on any atom is -0.366 e. The lowest BCUT2D eigenvalue weighted by Crippen LogP contribution is -2.73. The van der Waals surface area contributed by atoms with Crippen molar-refractivity contribution in [2.45, 2.75) is 44.4 Å². The Labute approximate surface area is 164 Å². The van der Waals surface area contributed by atoms with E-state index in [1.165, 1.54) is 19.8 Å². The van der Waals surface area contributed by atoms with Crippen LogP contribution in [0.5, 0.6) is 0 Å². The average Bonchev–Trinajstić information content (AvgIpc) is 2.62. The molecule has 2 unspecified atom stereocenters. The second kappa shape index (κ2) is 7.52. The highest BCUT2D eigenvalue weighted by atomic mass is 16.7. The number of benzene rings is 1. The molecule has 1 aromatic rings. The Morgan fingerprint density at radius 3 is 2.50 bits per heavy atom. The molecule has 0 radical (unpaired) electrons. The summed E-state index contributed by atoms with van der Waals surface area (Å²) in [6.07, 6.45) is 0.897. The number of ketones is 1. The van der Waals surface area contributed by atoms with Crippen LogP contribution in [0.2, 0.25) is 0 Å². The van der Waals surface area contributed by atoms with Gasteiger partial charge in [0.1, 0.15) is 11.7 Å². The van der Waals surface area contributed by atoms with E-state index in [0.29, 0.717) is 12.4 Å². The minimum atomic E-state index is -1.29. The number of methoxy groups -OCH3 is 2. The van der Waals surface area contributed by atoms with Gasteiger partial charge in [0.05, 0.1) is 10.5 Å². The zero-order chi connectivity index (χ0) is 20.5. The standard InChI is InChI=1S/C20H27N3O5/c1-13-5-7-14(8-6-13)9-10-21-18-17(23(25)26)16-11-15(24)12-19(2,22-18)20(16,27-3)28-4/h5-8,16,21-22H,9-12H2,1-4H3. The molecule has 1 aliphatic heterocycles. The number of nitro groups is 1. The number of carbonyl (C=O) groups excluding carboxylic acids is 1. The van der Waals surface area contributed by atoms with Crippen molar-refractivity contribution >= 4 is 5.78 Å². The van der Waals surface area contributed by atoms with Gasteiger partial charge >= 0.3 is 0 Å². The van der Waals surface area contributed by atoms with Crippen molar-refractivity contribution in [2.24, 2.45) is 5.92 Å². The Morgan fingerprint density at radius 1 is 1.29 bits per heavy atom. The Kier molecular flexibility index (Phi) is 5.45. The molecule has 152 valence electrons. The van der Waals surface area contributed by atoms with E-state index in [1.807, 2.05) is 38.1 Å². The van der Waals surface area contributed by atoms with Crippen molar-refractivity contribution in [1.29, 1.82) is 0 Å². The molecule has 2 aliphatic rings. The summed E-state index contributed by atoms with van der Waals surface area (Å²) in [6, 6.07) is 8.17. The number of nitrogens with one attached hydrogen (secondary N) is 2. The zero-order valence-corrected chi connectivity index (χ0v) is 16.7. The normalized spacial score (nSPS) is 26.0. The molecule has 0 spiro atoms. The van der Waals surface area contributed by atoms with Gasteiger partial charge in [-0.05, 0) is 25.8 Å². The Balaban J connectivity index is 1.90. The third kappa shape index (κ3) is 3.27. The van der Waals surface area contributed by atoms with Gasteiger partial charge in [-0.3, -0.25) is 14.9 Å².